The van der Waals surface area contributed by atoms with Gasteiger partial charge in [0.2, 0.25) is 5.78 Å². The molecule has 1 aromatic carbocycles. The molecule has 34 heavy (non-hydrogen) atoms. The average molecular weight is 495 g/mol. The molecule has 11 heteroatoms. The van der Waals surface area contributed by atoms with E-state index in [9.17, 15) is 24.3 Å². The number of benzene rings is 1. The Bertz CT molecular complexity index is 951. The zero-order valence-corrected chi connectivity index (χ0v) is 20.1. The lowest BCUT2D eigenvalue weighted by Crippen LogP contribution is -2.49. The molecule has 2 fully saturated rings. The summed E-state index contributed by atoms with van der Waals surface area (Å²) in [4.78, 5) is 50.7. The van der Waals surface area contributed by atoms with Crippen molar-refractivity contribution in [1.29, 1.82) is 0 Å². The molecule has 0 radical (unpaired) electrons. The van der Waals surface area contributed by atoms with Crippen LogP contribution in [0.4, 0.5) is 10.5 Å². The number of aliphatic hydroxyl groups is 1. The highest BCUT2D eigenvalue weighted by Crippen LogP contribution is 2.26. The van der Waals surface area contributed by atoms with Crippen LogP contribution in [-0.2, 0) is 14.3 Å². The summed E-state index contributed by atoms with van der Waals surface area (Å²) in [6, 6.07) is 3.12. The fraction of sp³-hybridized carbons (Fsp3) is 0.565. The maximum absolute atomic E-state index is 13.2. The van der Waals surface area contributed by atoms with Gasteiger partial charge in [-0.2, -0.15) is 0 Å². The first-order chi connectivity index (χ1) is 16.0. The fourth-order valence-electron chi connectivity index (χ4n) is 3.88. The highest BCUT2D eigenvalue weighted by molar-refractivity contribution is 6.38. The minimum absolute atomic E-state index is 0.00655. The number of hydrogen-bond acceptors (Lipinski definition) is 7. The smallest absolute Gasteiger partial charge is 0.411 e. The third-order valence-corrected chi connectivity index (χ3v) is 5.90. The van der Waals surface area contributed by atoms with Crippen molar-refractivity contribution >= 4 is 41.0 Å². The van der Waals surface area contributed by atoms with Crippen molar-refractivity contribution in [2.24, 2.45) is 5.92 Å². The number of nitrogens with one attached hydrogen (secondary N) is 4. The number of halogens is 1. The maximum atomic E-state index is 13.2. The van der Waals surface area contributed by atoms with E-state index in [1.165, 1.54) is 18.2 Å². The summed E-state index contributed by atoms with van der Waals surface area (Å²) < 4.78 is 5.07. The van der Waals surface area contributed by atoms with Crippen LogP contribution < -0.4 is 21.3 Å². The molecule has 1 saturated carbocycles. The molecule has 0 spiro atoms. The second kappa shape index (κ2) is 11.2. The minimum atomic E-state index is -1.17. The van der Waals surface area contributed by atoms with Crippen LogP contribution >= 0.6 is 11.6 Å². The summed E-state index contributed by atoms with van der Waals surface area (Å²) >= 11 is 6.07. The van der Waals surface area contributed by atoms with Gasteiger partial charge in [0.15, 0.2) is 0 Å². The predicted molar refractivity (Wildman–Crippen MR) is 125 cm³/mol. The molecular weight excluding hydrogens is 464 g/mol. The highest BCUT2D eigenvalue weighted by Gasteiger charge is 2.37. The lowest BCUT2D eigenvalue weighted by Gasteiger charge is -2.23. The van der Waals surface area contributed by atoms with E-state index in [1.54, 1.807) is 13.8 Å². The Hall–Kier alpha value is -2.69. The molecule has 1 aliphatic carbocycles. The summed E-state index contributed by atoms with van der Waals surface area (Å²) in [5, 5.41) is 21.2. The second-order valence-electron chi connectivity index (χ2n) is 9.15. The van der Waals surface area contributed by atoms with Crippen LogP contribution in [-0.4, -0.2) is 59.3 Å². The standard InChI is InChI=1S/C23H31ClN4O6/c1-11(2)34-23(33)28-17-7-4-14(24)10-16(17)21(31)27-18(9-13-8-12(3)25-20(13)30)19(29)22(32)26-15-5-6-15/h4,7,10-13,15,18,20,25,30H,5-6,8-9H2,1-3H3,(H,26,32)(H,27,31)(H,28,33)/t12-,13+,18+,20?/m1/s1. The van der Waals surface area contributed by atoms with E-state index in [0.29, 0.717) is 6.42 Å². The molecule has 2 aliphatic rings. The van der Waals surface area contributed by atoms with Gasteiger partial charge in [-0.1, -0.05) is 11.6 Å². The first-order valence-corrected chi connectivity index (χ1v) is 11.8. The number of ketones is 1. The Kier molecular flexibility index (Phi) is 8.51. The van der Waals surface area contributed by atoms with Gasteiger partial charge in [0.25, 0.3) is 11.8 Å². The molecule has 5 N–H and O–H groups in total. The van der Waals surface area contributed by atoms with Gasteiger partial charge < -0.3 is 20.5 Å². The predicted octanol–water partition coefficient (Wildman–Crippen LogP) is 1.95. The molecule has 1 heterocycles. The first kappa shape index (κ1) is 25.9. The molecule has 10 nitrogen and oxygen atoms in total. The minimum Gasteiger partial charge on any atom is -0.447 e. The van der Waals surface area contributed by atoms with Crippen molar-refractivity contribution in [1.82, 2.24) is 16.0 Å². The summed E-state index contributed by atoms with van der Waals surface area (Å²) in [6.45, 7) is 5.27. The van der Waals surface area contributed by atoms with Gasteiger partial charge in [-0.25, -0.2) is 4.79 Å². The first-order valence-electron chi connectivity index (χ1n) is 11.4. The summed E-state index contributed by atoms with van der Waals surface area (Å²) in [6.07, 6.45) is 0.284. The van der Waals surface area contributed by atoms with E-state index in [0.717, 1.165) is 12.8 Å². The van der Waals surface area contributed by atoms with Crippen molar-refractivity contribution in [2.75, 3.05) is 5.32 Å². The molecule has 1 aromatic rings. The van der Waals surface area contributed by atoms with E-state index < -0.39 is 36.0 Å². The van der Waals surface area contributed by atoms with Gasteiger partial charge in [-0.05, 0) is 64.7 Å². The molecule has 4 atom stereocenters. The Morgan fingerprint density at radius 3 is 2.53 bits per heavy atom. The molecular formula is C23H31ClN4O6. The molecule has 3 rings (SSSR count). The van der Waals surface area contributed by atoms with Crippen LogP contribution in [0.25, 0.3) is 0 Å². The van der Waals surface area contributed by atoms with Crippen LogP contribution in [0, 0.1) is 5.92 Å². The number of anilines is 1. The third-order valence-electron chi connectivity index (χ3n) is 5.66. The van der Waals surface area contributed by atoms with E-state index in [1.807, 2.05) is 6.92 Å². The molecule has 0 bridgehead atoms. The van der Waals surface area contributed by atoms with Crippen LogP contribution in [0.15, 0.2) is 18.2 Å². The summed E-state index contributed by atoms with van der Waals surface area (Å²) in [7, 11) is 0. The molecule has 186 valence electrons. The lowest BCUT2D eigenvalue weighted by molar-refractivity contribution is -0.139. The van der Waals surface area contributed by atoms with Crippen LogP contribution in [0.1, 0.15) is 56.8 Å². The molecule has 1 aliphatic heterocycles. The summed E-state index contributed by atoms with van der Waals surface area (Å²) in [5.74, 6) is -2.60. The number of Topliss-reactive ketones (excluding diaryl/α,β-unsaturated/α-hetero) is 1. The van der Waals surface area contributed by atoms with Crippen LogP contribution in [0.3, 0.4) is 0 Å². The van der Waals surface area contributed by atoms with E-state index in [-0.39, 0.29) is 46.8 Å². The molecule has 1 unspecified atom stereocenters. The average Bonchev–Trinajstić information content (AvgIpc) is 3.50. The molecule has 3 amide bonds. The number of carbonyl (C=O) groups is 4. The van der Waals surface area contributed by atoms with Crippen molar-refractivity contribution in [2.45, 2.75) is 76.9 Å². The van der Waals surface area contributed by atoms with Gasteiger partial charge >= 0.3 is 6.09 Å². The number of aliphatic hydroxyl groups excluding tert-OH is 1. The van der Waals surface area contributed by atoms with E-state index in [2.05, 4.69) is 21.3 Å². The van der Waals surface area contributed by atoms with Crippen molar-refractivity contribution in [3.63, 3.8) is 0 Å². The number of ether oxygens (including phenoxy) is 1. The van der Waals surface area contributed by atoms with Crippen molar-refractivity contribution < 1.29 is 29.0 Å². The fourth-order valence-corrected chi connectivity index (χ4v) is 4.06. The van der Waals surface area contributed by atoms with Gasteiger partial charge in [-0.3, -0.25) is 25.0 Å². The SMILES string of the molecule is CC(C)OC(=O)Nc1ccc(Cl)cc1C(=O)N[C@@H](C[C@@H]1C[C@@H](C)NC1O)C(=O)C(=O)NC1CC1. The molecule has 1 saturated heterocycles. The van der Waals surface area contributed by atoms with E-state index in [4.69, 9.17) is 16.3 Å². The van der Waals surface area contributed by atoms with Gasteiger partial charge in [0.05, 0.1) is 23.4 Å². The number of amides is 3. The highest BCUT2D eigenvalue weighted by atomic mass is 35.5. The number of carbonyl (C=O) groups excluding carboxylic acids is 4. The van der Waals surface area contributed by atoms with Gasteiger partial charge in [-0.15, -0.1) is 0 Å². The van der Waals surface area contributed by atoms with Gasteiger partial charge in [0.1, 0.15) is 6.23 Å². The quantitative estimate of drug-likeness (QED) is 0.330. The summed E-state index contributed by atoms with van der Waals surface area (Å²) in [5.41, 5.74) is 0.143. The Balaban J connectivity index is 1.80. The topological polar surface area (TPSA) is 146 Å². The second-order valence-corrected chi connectivity index (χ2v) is 9.59. The van der Waals surface area contributed by atoms with Crippen LogP contribution in [0.2, 0.25) is 5.02 Å². The Labute approximate surface area is 203 Å². The van der Waals surface area contributed by atoms with E-state index >= 15 is 0 Å². The largest absolute Gasteiger partial charge is 0.447 e. The Morgan fingerprint density at radius 2 is 1.94 bits per heavy atom. The lowest BCUT2D eigenvalue weighted by atomic mass is 9.93. The normalized spacial score (nSPS) is 22.7. The monoisotopic (exact) mass is 494 g/mol. The number of rotatable bonds is 9. The van der Waals surface area contributed by atoms with Gasteiger partial charge in [0, 0.05) is 23.0 Å². The van der Waals surface area contributed by atoms with Crippen molar-refractivity contribution in [3.05, 3.63) is 28.8 Å². The maximum Gasteiger partial charge on any atom is 0.411 e. The third kappa shape index (κ3) is 7.15. The van der Waals surface area contributed by atoms with Crippen molar-refractivity contribution in [3.8, 4) is 0 Å². The zero-order valence-electron chi connectivity index (χ0n) is 19.4. The van der Waals surface area contributed by atoms with Crippen LogP contribution in [0.5, 0.6) is 0 Å². The Morgan fingerprint density at radius 1 is 1.24 bits per heavy atom. The molecule has 0 aromatic heterocycles. The zero-order chi connectivity index (χ0) is 25.0. The number of hydrogen-bond donors (Lipinski definition) is 5.